The van der Waals surface area contributed by atoms with Crippen LogP contribution in [-0.2, 0) is 14.4 Å². The van der Waals surface area contributed by atoms with Crippen molar-refractivity contribution in [3.05, 3.63) is 59.7 Å². The van der Waals surface area contributed by atoms with Crippen LogP contribution in [0.5, 0.6) is 0 Å². The maximum atomic E-state index is 13.7. The van der Waals surface area contributed by atoms with E-state index in [2.05, 4.69) is 10.3 Å². The molecule has 2 aromatic rings. The Morgan fingerprint density at radius 2 is 2.04 bits per heavy atom. The smallest absolute Gasteiger partial charge is 0.259 e. The molecular weight excluding hydrogens is 351 g/mol. The summed E-state index contributed by atoms with van der Waals surface area (Å²) in [5.41, 5.74) is 0.0637. The number of carbonyl (C=O) groups is 2. The standard InChI is InChI=1S/C17H14F3N3O3/c1-26-23-8-10(9-4-5-11(18)12(19)7-9)14(17(23)25)16(24)22-13-3-2-6-21-15(13)20/h2-7,10,14H,8H2,1H3,(H,22,24)/t10-,14+/m1/s1. The minimum absolute atomic E-state index is 0.0337. The van der Waals surface area contributed by atoms with Crippen LogP contribution in [0.15, 0.2) is 36.5 Å². The lowest BCUT2D eigenvalue weighted by Gasteiger charge is -2.17. The first-order valence-corrected chi connectivity index (χ1v) is 7.64. The second kappa shape index (κ2) is 7.12. The van der Waals surface area contributed by atoms with Crippen molar-refractivity contribution < 1.29 is 27.6 Å². The van der Waals surface area contributed by atoms with Gasteiger partial charge in [-0.2, -0.15) is 4.39 Å². The summed E-state index contributed by atoms with van der Waals surface area (Å²) in [4.78, 5) is 33.4. The van der Waals surface area contributed by atoms with E-state index in [0.29, 0.717) is 0 Å². The Morgan fingerprint density at radius 3 is 2.69 bits per heavy atom. The first-order chi connectivity index (χ1) is 12.4. The van der Waals surface area contributed by atoms with Crippen LogP contribution in [0.4, 0.5) is 18.9 Å². The van der Waals surface area contributed by atoms with E-state index in [1.54, 1.807) is 0 Å². The number of amides is 2. The van der Waals surface area contributed by atoms with Crippen LogP contribution < -0.4 is 5.32 Å². The third-order valence-electron chi connectivity index (χ3n) is 4.17. The largest absolute Gasteiger partial charge is 0.322 e. The van der Waals surface area contributed by atoms with Gasteiger partial charge in [-0.3, -0.25) is 14.4 Å². The molecule has 1 aliphatic rings. The summed E-state index contributed by atoms with van der Waals surface area (Å²) in [5.74, 6) is -6.58. The highest BCUT2D eigenvalue weighted by atomic mass is 19.2. The number of aromatic nitrogens is 1. The number of pyridine rings is 1. The molecule has 1 aromatic heterocycles. The summed E-state index contributed by atoms with van der Waals surface area (Å²) in [5, 5.41) is 3.26. The van der Waals surface area contributed by atoms with E-state index in [4.69, 9.17) is 4.84 Å². The summed E-state index contributed by atoms with van der Waals surface area (Å²) in [6.45, 7) is -0.0337. The molecule has 2 atom stereocenters. The van der Waals surface area contributed by atoms with Gasteiger partial charge in [0, 0.05) is 12.1 Å². The van der Waals surface area contributed by atoms with Crippen LogP contribution in [-0.4, -0.2) is 35.5 Å². The Bertz CT molecular complexity index is 862. The predicted molar refractivity (Wildman–Crippen MR) is 84.1 cm³/mol. The van der Waals surface area contributed by atoms with Gasteiger partial charge in [0.15, 0.2) is 11.6 Å². The van der Waals surface area contributed by atoms with Gasteiger partial charge in [0.05, 0.1) is 19.3 Å². The molecule has 1 fully saturated rings. The van der Waals surface area contributed by atoms with Gasteiger partial charge in [-0.05, 0) is 29.8 Å². The van der Waals surface area contributed by atoms with Crippen molar-refractivity contribution in [2.45, 2.75) is 5.92 Å². The van der Waals surface area contributed by atoms with Crippen LogP contribution in [0, 0.1) is 23.5 Å². The fourth-order valence-corrected chi connectivity index (χ4v) is 2.89. The molecule has 1 saturated heterocycles. The SMILES string of the molecule is CON1C[C@H](c2ccc(F)c(F)c2)[C@@H](C(=O)Nc2cccnc2F)C1=O. The van der Waals surface area contributed by atoms with Crippen molar-refractivity contribution in [2.24, 2.45) is 5.92 Å². The minimum Gasteiger partial charge on any atom is -0.322 e. The molecule has 136 valence electrons. The number of hydrogen-bond donors (Lipinski definition) is 1. The zero-order chi connectivity index (χ0) is 18.8. The van der Waals surface area contributed by atoms with Crippen LogP contribution in [0.25, 0.3) is 0 Å². The Morgan fingerprint density at radius 1 is 1.27 bits per heavy atom. The maximum absolute atomic E-state index is 13.7. The molecule has 26 heavy (non-hydrogen) atoms. The van der Waals surface area contributed by atoms with Gasteiger partial charge in [0.2, 0.25) is 11.9 Å². The van der Waals surface area contributed by atoms with E-state index in [1.165, 1.54) is 31.5 Å². The molecule has 0 aliphatic carbocycles. The topological polar surface area (TPSA) is 71.5 Å². The normalized spacial score (nSPS) is 19.7. The second-order valence-corrected chi connectivity index (χ2v) is 5.67. The fraction of sp³-hybridized carbons (Fsp3) is 0.235. The van der Waals surface area contributed by atoms with Crippen LogP contribution in [0.1, 0.15) is 11.5 Å². The van der Waals surface area contributed by atoms with E-state index >= 15 is 0 Å². The zero-order valence-corrected chi connectivity index (χ0v) is 13.6. The van der Waals surface area contributed by atoms with Gasteiger partial charge in [-0.25, -0.2) is 18.8 Å². The van der Waals surface area contributed by atoms with E-state index in [1.807, 2.05) is 0 Å². The van der Waals surface area contributed by atoms with Gasteiger partial charge in [-0.1, -0.05) is 6.07 Å². The number of nitrogens with one attached hydrogen (secondary N) is 1. The fourth-order valence-electron chi connectivity index (χ4n) is 2.89. The zero-order valence-electron chi connectivity index (χ0n) is 13.6. The third-order valence-corrected chi connectivity index (χ3v) is 4.17. The lowest BCUT2D eigenvalue weighted by molar-refractivity contribution is -0.170. The van der Waals surface area contributed by atoms with Crippen molar-refractivity contribution in [3.63, 3.8) is 0 Å². The van der Waals surface area contributed by atoms with E-state index in [-0.39, 0.29) is 17.8 Å². The van der Waals surface area contributed by atoms with Gasteiger partial charge in [0.1, 0.15) is 5.92 Å². The minimum atomic E-state index is -1.29. The third kappa shape index (κ3) is 3.25. The molecule has 0 unspecified atom stereocenters. The molecule has 0 bridgehead atoms. The average Bonchev–Trinajstić information content (AvgIpc) is 2.96. The van der Waals surface area contributed by atoms with Gasteiger partial charge >= 0.3 is 0 Å². The molecule has 0 radical (unpaired) electrons. The molecule has 1 N–H and O–H groups in total. The number of nitrogens with zero attached hydrogens (tertiary/aromatic N) is 2. The summed E-state index contributed by atoms with van der Waals surface area (Å²) < 4.78 is 40.4. The first kappa shape index (κ1) is 17.9. The quantitative estimate of drug-likeness (QED) is 0.666. The number of halogens is 3. The Hall–Kier alpha value is -2.94. The number of hydrogen-bond acceptors (Lipinski definition) is 4. The monoisotopic (exact) mass is 365 g/mol. The lowest BCUT2D eigenvalue weighted by atomic mass is 9.87. The van der Waals surface area contributed by atoms with Crippen molar-refractivity contribution in [3.8, 4) is 0 Å². The number of anilines is 1. The molecule has 0 saturated carbocycles. The highest BCUT2D eigenvalue weighted by Crippen LogP contribution is 2.35. The summed E-state index contributed by atoms with van der Waals surface area (Å²) in [7, 11) is 1.25. The van der Waals surface area contributed by atoms with Crippen molar-refractivity contribution in [2.75, 3.05) is 19.0 Å². The van der Waals surface area contributed by atoms with Gasteiger partial charge < -0.3 is 5.32 Å². The molecule has 1 aromatic carbocycles. The Balaban J connectivity index is 1.92. The predicted octanol–water partition coefficient (Wildman–Crippen LogP) is 2.24. The highest BCUT2D eigenvalue weighted by Gasteiger charge is 2.46. The van der Waals surface area contributed by atoms with E-state index in [9.17, 15) is 22.8 Å². The number of hydroxylamine groups is 2. The molecule has 2 heterocycles. The van der Waals surface area contributed by atoms with Gasteiger partial charge in [-0.15, -0.1) is 0 Å². The maximum Gasteiger partial charge on any atom is 0.259 e. The van der Waals surface area contributed by atoms with Crippen molar-refractivity contribution in [1.82, 2.24) is 10.0 Å². The lowest BCUT2D eigenvalue weighted by Crippen LogP contribution is -2.34. The van der Waals surface area contributed by atoms with Crippen molar-refractivity contribution in [1.29, 1.82) is 0 Å². The molecule has 0 spiro atoms. The first-order valence-electron chi connectivity index (χ1n) is 7.64. The van der Waals surface area contributed by atoms with E-state index < -0.39 is 41.2 Å². The van der Waals surface area contributed by atoms with Crippen LogP contribution in [0.3, 0.4) is 0 Å². The molecule has 1 aliphatic heterocycles. The van der Waals surface area contributed by atoms with E-state index in [0.717, 1.165) is 17.2 Å². The van der Waals surface area contributed by atoms with Crippen LogP contribution in [0.2, 0.25) is 0 Å². The Labute approximate surface area is 146 Å². The molecular formula is C17H14F3N3O3. The number of rotatable bonds is 4. The summed E-state index contributed by atoms with van der Waals surface area (Å²) >= 11 is 0. The number of benzene rings is 1. The molecule has 9 heteroatoms. The Kier molecular flexibility index (Phi) is 4.90. The molecule has 2 amide bonds. The molecule has 6 nitrogen and oxygen atoms in total. The number of carbonyl (C=O) groups excluding carboxylic acids is 2. The summed E-state index contributed by atoms with van der Waals surface area (Å²) in [6, 6.07) is 5.85. The van der Waals surface area contributed by atoms with Crippen LogP contribution >= 0.6 is 0 Å². The molecule has 3 rings (SSSR count). The highest BCUT2D eigenvalue weighted by molar-refractivity contribution is 6.08. The summed E-state index contributed by atoms with van der Waals surface area (Å²) in [6.07, 6.45) is 1.21. The second-order valence-electron chi connectivity index (χ2n) is 5.67. The van der Waals surface area contributed by atoms with Crippen molar-refractivity contribution >= 4 is 17.5 Å². The average molecular weight is 365 g/mol. The van der Waals surface area contributed by atoms with Gasteiger partial charge in [0.25, 0.3) is 5.91 Å².